The Morgan fingerprint density at radius 1 is 1.05 bits per heavy atom. The summed E-state index contributed by atoms with van der Waals surface area (Å²) in [6.45, 7) is 0.237. The molecule has 1 aliphatic rings. The Morgan fingerprint density at radius 3 is 2.14 bits per heavy atom. The number of ether oxygens (including phenoxy) is 1. The third-order valence-corrected chi connectivity index (χ3v) is 4.13. The standard InChI is InChI=1S/C16H20O5/c17-10-16(8-2-1-3-9-16)11-21-15(20)13-6-4-12(5-7-13)14(18)19/h4-7,17H,1-3,8-11H2,(H,18,19). The number of aliphatic hydroxyl groups excluding tert-OH is 1. The van der Waals surface area contributed by atoms with Crippen molar-refractivity contribution in [1.82, 2.24) is 0 Å². The van der Waals surface area contributed by atoms with Gasteiger partial charge in [0.15, 0.2) is 0 Å². The molecule has 0 heterocycles. The smallest absolute Gasteiger partial charge is 0.338 e. The first-order valence-corrected chi connectivity index (χ1v) is 7.18. The van der Waals surface area contributed by atoms with Crippen molar-refractivity contribution in [3.8, 4) is 0 Å². The van der Waals surface area contributed by atoms with Gasteiger partial charge in [-0.25, -0.2) is 9.59 Å². The van der Waals surface area contributed by atoms with E-state index in [2.05, 4.69) is 0 Å². The summed E-state index contributed by atoms with van der Waals surface area (Å²) in [4.78, 5) is 22.7. The Bertz CT molecular complexity index is 500. The molecule has 0 amide bonds. The number of hydrogen-bond acceptors (Lipinski definition) is 4. The molecule has 1 aromatic carbocycles. The van der Waals surface area contributed by atoms with Crippen molar-refractivity contribution >= 4 is 11.9 Å². The van der Waals surface area contributed by atoms with Crippen LogP contribution in [0.1, 0.15) is 52.8 Å². The van der Waals surface area contributed by atoms with Gasteiger partial charge >= 0.3 is 11.9 Å². The summed E-state index contributed by atoms with van der Waals surface area (Å²) in [6.07, 6.45) is 4.99. The SMILES string of the molecule is O=C(O)c1ccc(C(=O)OCC2(CO)CCCCC2)cc1. The molecular formula is C16H20O5. The van der Waals surface area contributed by atoms with Crippen LogP contribution >= 0.6 is 0 Å². The fourth-order valence-electron chi connectivity index (χ4n) is 2.70. The van der Waals surface area contributed by atoms with Crippen molar-refractivity contribution in [1.29, 1.82) is 0 Å². The van der Waals surface area contributed by atoms with Crippen LogP contribution in [0.15, 0.2) is 24.3 Å². The first-order valence-electron chi connectivity index (χ1n) is 7.18. The van der Waals surface area contributed by atoms with E-state index in [4.69, 9.17) is 9.84 Å². The van der Waals surface area contributed by atoms with Gasteiger partial charge in [0.2, 0.25) is 0 Å². The van der Waals surface area contributed by atoms with E-state index >= 15 is 0 Å². The predicted octanol–water partition coefficient (Wildman–Crippen LogP) is 2.48. The van der Waals surface area contributed by atoms with Gasteiger partial charge in [-0.2, -0.15) is 0 Å². The van der Waals surface area contributed by atoms with E-state index in [9.17, 15) is 14.7 Å². The topological polar surface area (TPSA) is 83.8 Å². The van der Waals surface area contributed by atoms with Crippen LogP contribution < -0.4 is 0 Å². The molecule has 5 nitrogen and oxygen atoms in total. The van der Waals surface area contributed by atoms with Crippen molar-refractivity contribution in [3.05, 3.63) is 35.4 Å². The number of benzene rings is 1. The van der Waals surface area contributed by atoms with Crippen molar-refractivity contribution in [2.45, 2.75) is 32.1 Å². The summed E-state index contributed by atoms with van der Waals surface area (Å²) in [5, 5.41) is 18.4. The molecule has 114 valence electrons. The van der Waals surface area contributed by atoms with Crippen LogP contribution in [0.2, 0.25) is 0 Å². The molecule has 1 aromatic rings. The van der Waals surface area contributed by atoms with Gasteiger partial charge in [0.05, 0.1) is 24.3 Å². The molecule has 0 unspecified atom stereocenters. The van der Waals surface area contributed by atoms with Gasteiger partial charge in [0, 0.05) is 5.41 Å². The number of hydrogen-bond donors (Lipinski definition) is 2. The summed E-state index contributed by atoms with van der Waals surface area (Å²) in [5.74, 6) is -1.51. The van der Waals surface area contributed by atoms with Gasteiger partial charge in [-0.1, -0.05) is 19.3 Å². The van der Waals surface area contributed by atoms with Gasteiger partial charge in [-0.05, 0) is 37.1 Å². The minimum atomic E-state index is -1.03. The van der Waals surface area contributed by atoms with E-state index < -0.39 is 11.9 Å². The second kappa shape index (κ2) is 6.72. The minimum absolute atomic E-state index is 0.0260. The molecule has 1 aliphatic carbocycles. The molecule has 0 saturated heterocycles. The monoisotopic (exact) mass is 292 g/mol. The molecule has 0 spiro atoms. The van der Waals surface area contributed by atoms with Crippen molar-refractivity contribution in [2.75, 3.05) is 13.2 Å². The van der Waals surface area contributed by atoms with E-state index in [-0.39, 0.29) is 24.2 Å². The van der Waals surface area contributed by atoms with Crippen LogP contribution in [0, 0.1) is 5.41 Å². The Kier molecular flexibility index (Phi) is 4.96. The number of carbonyl (C=O) groups excluding carboxylic acids is 1. The molecule has 1 saturated carbocycles. The Labute approximate surface area is 123 Å². The highest BCUT2D eigenvalue weighted by atomic mass is 16.5. The second-order valence-electron chi connectivity index (χ2n) is 5.68. The average molecular weight is 292 g/mol. The molecule has 1 fully saturated rings. The summed E-state index contributed by atoms with van der Waals surface area (Å²) < 4.78 is 5.32. The normalized spacial score (nSPS) is 17.2. The van der Waals surface area contributed by atoms with Crippen LogP contribution in [-0.4, -0.2) is 35.4 Å². The highest BCUT2D eigenvalue weighted by Gasteiger charge is 2.33. The molecule has 2 rings (SSSR count). The van der Waals surface area contributed by atoms with Crippen molar-refractivity contribution < 1.29 is 24.5 Å². The van der Waals surface area contributed by atoms with E-state index in [0.717, 1.165) is 32.1 Å². The number of esters is 1. The molecule has 0 radical (unpaired) electrons. The maximum atomic E-state index is 12.0. The highest BCUT2D eigenvalue weighted by molar-refractivity contribution is 5.92. The zero-order valence-corrected chi connectivity index (χ0v) is 11.9. The van der Waals surface area contributed by atoms with Crippen molar-refractivity contribution in [3.63, 3.8) is 0 Å². The maximum Gasteiger partial charge on any atom is 0.338 e. The Balaban J connectivity index is 1.96. The predicted molar refractivity (Wildman–Crippen MR) is 76.3 cm³/mol. The van der Waals surface area contributed by atoms with Crippen LogP contribution in [-0.2, 0) is 4.74 Å². The maximum absolute atomic E-state index is 12.0. The largest absolute Gasteiger partial charge is 0.478 e. The van der Waals surface area contributed by atoms with E-state index in [0.29, 0.717) is 5.56 Å². The lowest BCUT2D eigenvalue weighted by Crippen LogP contribution is -2.34. The van der Waals surface area contributed by atoms with Crippen LogP contribution in [0.4, 0.5) is 0 Å². The third-order valence-electron chi connectivity index (χ3n) is 4.13. The van der Waals surface area contributed by atoms with Gasteiger partial charge in [-0.15, -0.1) is 0 Å². The third kappa shape index (κ3) is 3.82. The number of carboxylic acid groups (broad SMARTS) is 1. The number of aromatic carboxylic acids is 1. The zero-order valence-electron chi connectivity index (χ0n) is 11.9. The molecule has 2 N–H and O–H groups in total. The molecular weight excluding hydrogens is 272 g/mol. The van der Waals surface area contributed by atoms with Gasteiger partial charge in [-0.3, -0.25) is 0 Å². The summed E-state index contributed by atoms with van der Waals surface area (Å²) in [7, 11) is 0. The second-order valence-corrected chi connectivity index (χ2v) is 5.68. The number of carbonyl (C=O) groups is 2. The van der Waals surface area contributed by atoms with Gasteiger partial charge in [0.25, 0.3) is 0 Å². The summed E-state index contributed by atoms with van der Waals surface area (Å²) in [5.41, 5.74) is 0.143. The zero-order chi connectivity index (χ0) is 15.3. The minimum Gasteiger partial charge on any atom is -0.478 e. The number of rotatable bonds is 5. The first kappa shape index (κ1) is 15.5. The Hall–Kier alpha value is -1.88. The van der Waals surface area contributed by atoms with Crippen LogP contribution in [0.3, 0.4) is 0 Å². The molecule has 0 bridgehead atoms. The Morgan fingerprint density at radius 2 is 1.62 bits per heavy atom. The fourth-order valence-corrected chi connectivity index (χ4v) is 2.70. The van der Waals surface area contributed by atoms with Crippen molar-refractivity contribution in [2.24, 2.45) is 5.41 Å². The molecule has 0 atom stereocenters. The molecule has 0 aromatic heterocycles. The fraction of sp³-hybridized carbons (Fsp3) is 0.500. The lowest BCUT2D eigenvalue weighted by atomic mass is 9.75. The quantitative estimate of drug-likeness (QED) is 0.815. The average Bonchev–Trinajstić information content (AvgIpc) is 2.53. The lowest BCUT2D eigenvalue weighted by Gasteiger charge is -2.34. The lowest BCUT2D eigenvalue weighted by molar-refractivity contribution is -0.00604. The number of carboxylic acids is 1. The number of aliphatic hydroxyl groups is 1. The van der Waals surface area contributed by atoms with Crippen LogP contribution in [0.25, 0.3) is 0 Å². The highest BCUT2D eigenvalue weighted by Crippen LogP contribution is 2.36. The van der Waals surface area contributed by atoms with Crippen LogP contribution in [0.5, 0.6) is 0 Å². The van der Waals surface area contributed by atoms with Gasteiger partial charge in [0.1, 0.15) is 0 Å². The molecule has 5 heteroatoms. The molecule has 21 heavy (non-hydrogen) atoms. The summed E-state index contributed by atoms with van der Waals surface area (Å²) >= 11 is 0. The molecule has 0 aliphatic heterocycles. The van der Waals surface area contributed by atoms with E-state index in [1.807, 2.05) is 0 Å². The van der Waals surface area contributed by atoms with E-state index in [1.165, 1.54) is 24.3 Å². The summed E-state index contributed by atoms with van der Waals surface area (Å²) in [6, 6.07) is 5.64. The van der Waals surface area contributed by atoms with Gasteiger partial charge < -0.3 is 14.9 Å². The van der Waals surface area contributed by atoms with E-state index in [1.54, 1.807) is 0 Å². The first-order chi connectivity index (χ1) is 10.1.